The van der Waals surface area contributed by atoms with Crippen LogP contribution >= 0.6 is 0 Å². The molecule has 0 spiro atoms. The molecule has 0 radical (unpaired) electrons. The van der Waals surface area contributed by atoms with Crippen molar-refractivity contribution >= 4 is 49.9 Å². The monoisotopic (exact) mass is 695 g/mol. The third-order valence-electron chi connectivity index (χ3n) is 10.4. The molecule has 16 heteroatoms. The van der Waals surface area contributed by atoms with E-state index in [0.717, 1.165) is 17.2 Å². The van der Waals surface area contributed by atoms with Crippen LogP contribution < -0.4 is 15.1 Å². The van der Waals surface area contributed by atoms with E-state index in [1.165, 1.54) is 13.2 Å². The fourth-order valence-electron chi connectivity index (χ4n) is 7.62. The lowest BCUT2D eigenvalue weighted by Crippen LogP contribution is -2.58. The summed E-state index contributed by atoms with van der Waals surface area (Å²) in [4.78, 5) is 32.0. The molecule has 49 heavy (non-hydrogen) atoms. The number of anilines is 4. The summed E-state index contributed by atoms with van der Waals surface area (Å²) >= 11 is 0. The van der Waals surface area contributed by atoms with Gasteiger partial charge in [0.15, 0.2) is 15.7 Å². The maximum Gasteiger partial charge on any atom is 0.246 e. The van der Waals surface area contributed by atoms with Crippen LogP contribution in [0.2, 0.25) is 0 Å². The zero-order chi connectivity index (χ0) is 34.5. The van der Waals surface area contributed by atoms with E-state index in [4.69, 9.17) is 4.74 Å². The second-order valence-corrected chi connectivity index (χ2v) is 16.2. The van der Waals surface area contributed by atoms with Crippen molar-refractivity contribution in [3.63, 3.8) is 0 Å². The lowest BCUT2D eigenvalue weighted by molar-refractivity contribution is -0.126. The van der Waals surface area contributed by atoms with Gasteiger partial charge in [0.25, 0.3) is 0 Å². The predicted molar refractivity (Wildman–Crippen MR) is 182 cm³/mol. The Morgan fingerprint density at radius 3 is 2.71 bits per heavy atom. The Bertz CT molecular complexity index is 1860. The minimum Gasteiger partial charge on any atom is -0.390 e. The number of carbonyl (C=O) groups excluding carboxylic acids is 1. The summed E-state index contributed by atoms with van der Waals surface area (Å²) in [5.41, 5.74) is -0.368. The summed E-state index contributed by atoms with van der Waals surface area (Å²) in [6.07, 6.45) is 5.54. The number of sulfone groups is 1. The van der Waals surface area contributed by atoms with E-state index in [0.29, 0.717) is 68.1 Å². The standard InChI is InChI=1S/C33H42FN9O5S/c1-4-29(44)43-11-5-6-24(43)30-21-14-28(37-27-7-10-35-32(38-27)41-12-8-25(48-3)23(34)19-41)36-16-22(21)31(40-39-30)42-17-20(18-42)26-15-33(2,45)9-13-49(26,46)47/h4,7,10,14,16,20,23-26,45H,1,5-6,8-9,11-13,15,17-19H2,2-3H3,(H,35,36,37,38)/t23-,24?,25+,26?,33?/m0/s1. The van der Waals surface area contributed by atoms with Crippen LogP contribution in [0.4, 0.5) is 27.8 Å². The van der Waals surface area contributed by atoms with Gasteiger partial charge in [0.05, 0.1) is 41.0 Å². The quantitative estimate of drug-likeness (QED) is 0.331. The van der Waals surface area contributed by atoms with Crippen molar-refractivity contribution in [1.82, 2.24) is 30.0 Å². The molecule has 3 aromatic rings. The van der Waals surface area contributed by atoms with E-state index in [1.54, 1.807) is 35.2 Å². The number of piperidine rings is 1. The molecule has 3 aromatic heterocycles. The number of ether oxygens (including phenoxy) is 1. The molecule has 14 nitrogen and oxygen atoms in total. The second kappa shape index (κ2) is 13.0. The maximum atomic E-state index is 14.6. The Morgan fingerprint density at radius 1 is 1.14 bits per heavy atom. The summed E-state index contributed by atoms with van der Waals surface area (Å²) in [7, 11) is -1.80. The number of amides is 1. The topological polar surface area (TPSA) is 167 Å². The Balaban J connectivity index is 1.18. The number of aromatic nitrogens is 5. The summed E-state index contributed by atoms with van der Waals surface area (Å²) < 4.78 is 45.8. The van der Waals surface area contributed by atoms with Crippen molar-refractivity contribution in [2.75, 3.05) is 60.7 Å². The fraction of sp³-hybridized carbons (Fsp3) is 0.576. The SMILES string of the molecule is C=CC(=O)N1CCCC1c1nnc(N2CC(C3CC(C)(O)CCS3(=O)=O)C2)c2cnc(Nc3ccnc(N4CC[C@@H](OC)[C@@H](F)C4)n3)cc12. The van der Waals surface area contributed by atoms with E-state index in [9.17, 15) is 22.7 Å². The number of rotatable bonds is 8. The van der Waals surface area contributed by atoms with E-state index >= 15 is 0 Å². The smallest absolute Gasteiger partial charge is 0.246 e. The highest BCUT2D eigenvalue weighted by Crippen LogP contribution is 2.41. The Hall–Kier alpha value is -4.02. The van der Waals surface area contributed by atoms with Gasteiger partial charge in [-0.1, -0.05) is 6.58 Å². The van der Waals surface area contributed by atoms with Crippen molar-refractivity contribution in [3.05, 3.63) is 42.9 Å². The van der Waals surface area contributed by atoms with Crippen molar-refractivity contribution in [2.45, 2.75) is 68.2 Å². The number of nitrogens with one attached hydrogen (secondary N) is 1. The molecule has 0 aromatic carbocycles. The van der Waals surface area contributed by atoms with Crippen molar-refractivity contribution < 1.29 is 27.4 Å². The zero-order valence-electron chi connectivity index (χ0n) is 27.7. The second-order valence-electron chi connectivity index (χ2n) is 13.8. The van der Waals surface area contributed by atoms with Gasteiger partial charge in [-0.05, 0) is 57.2 Å². The van der Waals surface area contributed by atoms with Gasteiger partial charge in [0.2, 0.25) is 11.9 Å². The predicted octanol–water partition coefficient (Wildman–Crippen LogP) is 2.74. The highest BCUT2D eigenvalue weighted by atomic mass is 32.2. The molecule has 2 N–H and O–H groups in total. The maximum absolute atomic E-state index is 14.6. The first-order valence-electron chi connectivity index (χ1n) is 16.8. The number of hydrogen-bond acceptors (Lipinski definition) is 13. The van der Waals surface area contributed by atoms with Crippen molar-refractivity contribution in [3.8, 4) is 0 Å². The number of carbonyl (C=O) groups is 1. The molecular weight excluding hydrogens is 653 g/mol. The number of nitrogens with zero attached hydrogens (tertiary/aromatic N) is 8. The van der Waals surface area contributed by atoms with Crippen LogP contribution in [-0.4, -0.2) is 118 Å². The number of methoxy groups -OCH3 is 1. The number of pyridine rings is 1. The van der Waals surface area contributed by atoms with Crippen molar-refractivity contribution in [1.29, 1.82) is 0 Å². The molecular formula is C33H42FN9O5S. The molecule has 5 atom stereocenters. The summed E-state index contributed by atoms with van der Waals surface area (Å²) in [5.74, 6) is 1.60. The first kappa shape index (κ1) is 33.5. The van der Waals surface area contributed by atoms with E-state index in [-0.39, 0.29) is 43.0 Å². The van der Waals surface area contributed by atoms with Crippen LogP contribution in [0.15, 0.2) is 37.2 Å². The molecule has 4 aliphatic heterocycles. The summed E-state index contributed by atoms with van der Waals surface area (Å²) in [5, 5.41) is 24.1. The van der Waals surface area contributed by atoms with Gasteiger partial charge in [-0.3, -0.25) is 4.79 Å². The van der Waals surface area contributed by atoms with Crippen LogP contribution in [0.3, 0.4) is 0 Å². The molecule has 0 saturated carbocycles. The lowest BCUT2D eigenvalue weighted by Gasteiger charge is -2.47. The van der Waals surface area contributed by atoms with Gasteiger partial charge < -0.3 is 29.9 Å². The highest BCUT2D eigenvalue weighted by molar-refractivity contribution is 7.92. The Labute approximate surface area is 284 Å². The molecule has 4 saturated heterocycles. The van der Waals surface area contributed by atoms with Crippen LogP contribution in [0, 0.1) is 5.92 Å². The molecule has 0 aliphatic carbocycles. The largest absolute Gasteiger partial charge is 0.390 e. The average molecular weight is 696 g/mol. The molecule has 4 fully saturated rings. The number of hydrogen-bond donors (Lipinski definition) is 2. The molecule has 3 unspecified atom stereocenters. The van der Waals surface area contributed by atoms with Crippen molar-refractivity contribution in [2.24, 2.45) is 5.92 Å². The van der Waals surface area contributed by atoms with Gasteiger partial charge in [0.1, 0.15) is 17.8 Å². The normalized spacial score (nSPS) is 28.8. The first-order valence-corrected chi connectivity index (χ1v) is 18.5. The first-order chi connectivity index (χ1) is 23.5. The molecule has 4 aliphatic rings. The zero-order valence-corrected chi connectivity index (χ0v) is 28.5. The number of halogens is 1. The average Bonchev–Trinajstić information content (AvgIpc) is 3.55. The molecule has 1 amide bonds. The third-order valence-corrected chi connectivity index (χ3v) is 12.7. The van der Waals surface area contributed by atoms with Crippen LogP contribution in [-0.2, 0) is 19.4 Å². The number of alkyl halides is 1. The van der Waals surface area contributed by atoms with Gasteiger partial charge in [-0.2, -0.15) is 10.1 Å². The minimum absolute atomic E-state index is 0.0177. The van der Waals surface area contributed by atoms with Crippen LogP contribution in [0.25, 0.3) is 10.8 Å². The van der Waals surface area contributed by atoms with E-state index in [1.807, 2.05) is 11.0 Å². The Kier molecular flexibility index (Phi) is 8.90. The number of fused-ring (bicyclic) bond motifs is 1. The molecule has 7 rings (SSSR count). The molecule has 262 valence electrons. The lowest BCUT2D eigenvalue weighted by atomic mass is 9.86. The van der Waals surface area contributed by atoms with Gasteiger partial charge >= 0.3 is 0 Å². The summed E-state index contributed by atoms with van der Waals surface area (Å²) in [6.45, 7) is 7.56. The fourth-order valence-corrected chi connectivity index (χ4v) is 10.0. The van der Waals surface area contributed by atoms with E-state index < -0.39 is 33.0 Å². The summed E-state index contributed by atoms with van der Waals surface area (Å²) in [6, 6.07) is 3.26. The van der Waals surface area contributed by atoms with Gasteiger partial charge in [-0.15, -0.1) is 5.10 Å². The number of likely N-dealkylation sites (tertiary alicyclic amines) is 1. The van der Waals surface area contributed by atoms with Gasteiger partial charge in [0, 0.05) is 62.4 Å². The molecule has 0 bridgehead atoms. The Morgan fingerprint density at radius 2 is 1.96 bits per heavy atom. The van der Waals surface area contributed by atoms with Gasteiger partial charge in [-0.25, -0.2) is 22.8 Å². The van der Waals surface area contributed by atoms with E-state index in [2.05, 4.69) is 37.0 Å². The highest BCUT2D eigenvalue weighted by Gasteiger charge is 2.48. The molecule has 7 heterocycles. The third kappa shape index (κ3) is 6.53. The van der Waals surface area contributed by atoms with Crippen LogP contribution in [0.1, 0.15) is 50.8 Å². The minimum atomic E-state index is -3.32. The van der Waals surface area contributed by atoms with Crippen LogP contribution in [0.5, 0.6) is 0 Å². The number of aliphatic hydroxyl groups is 1.